The number of rotatable bonds is 15. The van der Waals surface area contributed by atoms with Gasteiger partial charge in [-0.15, -0.1) is 0 Å². The van der Waals surface area contributed by atoms with Crippen LogP contribution in [0.2, 0.25) is 0 Å². The number of fused-ring (bicyclic) bond motifs is 2. The second-order valence-corrected chi connectivity index (χ2v) is 18.8. The van der Waals surface area contributed by atoms with Crippen LogP contribution in [0.4, 0.5) is 0 Å². The third kappa shape index (κ3) is 9.81. The molecule has 16 heteroatoms. The summed E-state index contributed by atoms with van der Waals surface area (Å²) in [5.41, 5.74) is 14.8. The molecule has 4 heterocycles. The zero-order chi connectivity index (χ0) is 48.6. The molecule has 1 atom stereocenters. The van der Waals surface area contributed by atoms with E-state index in [4.69, 9.17) is 14.8 Å². The first-order valence-electron chi connectivity index (χ1n) is 23.2. The fraction of sp³-hybridized carbons (Fsp3) is 0.385. The van der Waals surface area contributed by atoms with Crippen LogP contribution in [0.1, 0.15) is 108 Å². The van der Waals surface area contributed by atoms with Crippen LogP contribution in [0, 0.1) is 0 Å². The van der Waals surface area contributed by atoms with Crippen LogP contribution in [0.5, 0.6) is 23.0 Å². The van der Waals surface area contributed by atoms with E-state index in [-0.39, 0.29) is 58.0 Å². The number of carbonyl (C=O) groups excluding carboxylic acids is 2. The third-order valence-corrected chi connectivity index (χ3v) is 13.1. The molecule has 0 saturated heterocycles. The summed E-state index contributed by atoms with van der Waals surface area (Å²) in [6.07, 6.45) is 1.000. The molecule has 1 unspecified atom stereocenters. The van der Waals surface area contributed by atoms with Crippen molar-refractivity contribution in [1.29, 1.82) is 0 Å². The van der Waals surface area contributed by atoms with Gasteiger partial charge in [-0.25, -0.2) is 0 Å². The molecule has 0 aliphatic carbocycles. The zero-order valence-corrected chi connectivity index (χ0v) is 39.5. The molecule has 2 aliphatic heterocycles. The largest absolute Gasteiger partial charge is 0.508 e. The van der Waals surface area contributed by atoms with Gasteiger partial charge in [-0.2, -0.15) is 0 Å². The van der Waals surface area contributed by atoms with Gasteiger partial charge >= 0.3 is 0 Å². The van der Waals surface area contributed by atoms with Gasteiger partial charge in [0.25, 0.3) is 5.91 Å². The standard InChI is InChI=1S/C52H61N7O9/c1-28(2)36-22-38(42(62)24-40(36)60)47-45(50(51(53)65)68-55-47)32-8-10-34-26-58(18-12-30(34)20-32)16-7-15-54-52(66)48-46(49(67-56-48)39-23-37(29(3)4)41(61)25-43(39)63)33-9-11-35-27-59(19-13-31(35)21-33)44(64)14-17-57(5)6/h8-11,20-25,28-29,51,60-63,65H,7,12-19,26-27,53H2,1-6H3,(H,54,66). The maximum atomic E-state index is 14.1. The van der Waals surface area contributed by atoms with Crippen LogP contribution >= 0.6 is 0 Å². The lowest BCUT2D eigenvalue weighted by atomic mass is 9.91. The predicted octanol–water partition coefficient (Wildman–Crippen LogP) is 7.36. The first-order valence-corrected chi connectivity index (χ1v) is 23.2. The number of aromatic nitrogens is 2. The summed E-state index contributed by atoms with van der Waals surface area (Å²) in [7, 11) is 3.90. The lowest BCUT2D eigenvalue weighted by molar-refractivity contribution is -0.132. The third-order valence-electron chi connectivity index (χ3n) is 13.1. The number of aliphatic hydroxyl groups excluding tert-OH is 1. The summed E-state index contributed by atoms with van der Waals surface area (Å²) in [5.74, 6) is -0.630. The van der Waals surface area contributed by atoms with Crippen LogP contribution in [0.25, 0.3) is 44.8 Å². The zero-order valence-electron chi connectivity index (χ0n) is 39.5. The molecule has 2 aromatic heterocycles. The fourth-order valence-electron chi connectivity index (χ4n) is 9.29. The number of benzene rings is 4. The number of nitrogens with two attached hydrogens (primary N) is 1. The summed E-state index contributed by atoms with van der Waals surface area (Å²) in [6.45, 7) is 12.0. The lowest BCUT2D eigenvalue weighted by Gasteiger charge is -2.29. The average Bonchev–Trinajstić information content (AvgIpc) is 3.95. The van der Waals surface area contributed by atoms with E-state index in [1.165, 1.54) is 12.1 Å². The number of nitrogens with zero attached hydrogens (tertiary/aromatic N) is 5. The van der Waals surface area contributed by atoms with Crippen molar-refractivity contribution in [3.05, 3.63) is 105 Å². The van der Waals surface area contributed by atoms with E-state index in [2.05, 4.69) is 20.5 Å². The number of carbonyl (C=O) groups is 2. The Morgan fingerprint density at radius 2 is 1.35 bits per heavy atom. The number of hydrogen-bond acceptors (Lipinski definition) is 14. The fourth-order valence-corrected chi connectivity index (χ4v) is 9.29. The van der Waals surface area contributed by atoms with E-state index < -0.39 is 12.1 Å². The highest BCUT2D eigenvalue weighted by molar-refractivity contribution is 6.02. The van der Waals surface area contributed by atoms with E-state index in [1.54, 1.807) is 12.1 Å². The molecule has 16 nitrogen and oxygen atoms in total. The summed E-state index contributed by atoms with van der Waals surface area (Å²) in [6, 6.07) is 17.8. The molecule has 68 heavy (non-hydrogen) atoms. The smallest absolute Gasteiger partial charge is 0.274 e. The number of aromatic hydroxyl groups is 4. The SMILES string of the molecule is CC(C)c1cc(-c2noc(C(N)O)c2-c2ccc3c(c2)CCN(CCCNC(=O)c2noc(-c4cc(C(C)C)c(O)cc4O)c2-c2ccc4c(c2)CCN(C(=O)CCN(C)C)C4)C3)c(O)cc1O. The van der Waals surface area contributed by atoms with Crippen molar-refractivity contribution in [2.75, 3.05) is 46.8 Å². The highest BCUT2D eigenvalue weighted by Crippen LogP contribution is 2.46. The molecule has 4 aromatic carbocycles. The van der Waals surface area contributed by atoms with Gasteiger partial charge < -0.3 is 49.7 Å². The maximum absolute atomic E-state index is 14.1. The van der Waals surface area contributed by atoms with Gasteiger partial charge in [-0.1, -0.05) is 74.4 Å². The quantitative estimate of drug-likeness (QED) is 0.0394. The average molecular weight is 928 g/mol. The predicted molar refractivity (Wildman–Crippen MR) is 257 cm³/mol. The Hall–Kier alpha value is -6.72. The molecule has 0 fully saturated rings. The lowest BCUT2D eigenvalue weighted by Crippen LogP contribution is -2.37. The summed E-state index contributed by atoms with van der Waals surface area (Å²) < 4.78 is 11.5. The van der Waals surface area contributed by atoms with Crippen molar-refractivity contribution in [2.24, 2.45) is 5.73 Å². The minimum Gasteiger partial charge on any atom is -0.508 e. The van der Waals surface area contributed by atoms with Gasteiger partial charge in [-0.05, 0) is 102 Å². The summed E-state index contributed by atoms with van der Waals surface area (Å²) in [5, 5.41) is 65.2. The molecule has 0 bridgehead atoms. The normalized spacial score (nSPS) is 14.4. The van der Waals surface area contributed by atoms with Crippen LogP contribution in [-0.2, 0) is 30.7 Å². The Kier molecular flexibility index (Phi) is 13.9. The van der Waals surface area contributed by atoms with Gasteiger partial charge in [0.1, 0.15) is 28.7 Å². The maximum Gasteiger partial charge on any atom is 0.274 e. The van der Waals surface area contributed by atoms with Crippen LogP contribution in [0.3, 0.4) is 0 Å². The highest BCUT2D eigenvalue weighted by atomic mass is 16.5. The Bertz CT molecular complexity index is 2850. The van der Waals surface area contributed by atoms with Gasteiger partial charge in [0.15, 0.2) is 23.4 Å². The minimum atomic E-state index is -1.46. The van der Waals surface area contributed by atoms with E-state index in [9.17, 15) is 35.1 Å². The van der Waals surface area contributed by atoms with Gasteiger partial charge in [0, 0.05) is 69.9 Å². The van der Waals surface area contributed by atoms with Crippen molar-refractivity contribution in [2.45, 2.75) is 84.5 Å². The first kappa shape index (κ1) is 47.8. The van der Waals surface area contributed by atoms with Crippen LogP contribution < -0.4 is 11.1 Å². The number of nitrogens with one attached hydrogen (secondary N) is 1. The number of phenolic OH excluding ortho intramolecular Hbond substituents is 4. The first-order chi connectivity index (χ1) is 32.5. The van der Waals surface area contributed by atoms with Crippen molar-refractivity contribution < 1.29 is 44.2 Å². The van der Waals surface area contributed by atoms with Crippen molar-refractivity contribution in [3.63, 3.8) is 0 Å². The second kappa shape index (κ2) is 19.9. The number of hydrogen-bond donors (Lipinski definition) is 7. The number of phenols is 4. The van der Waals surface area contributed by atoms with Gasteiger partial charge in [-0.3, -0.25) is 20.2 Å². The molecule has 358 valence electrons. The van der Waals surface area contributed by atoms with E-state index in [0.717, 1.165) is 40.8 Å². The number of aliphatic hydroxyl groups is 1. The van der Waals surface area contributed by atoms with Gasteiger partial charge in [0.05, 0.1) is 16.7 Å². The molecule has 8 rings (SSSR count). The van der Waals surface area contributed by atoms with Crippen LogP contribution in [-0.4, -0.2) is 109 Å². The van der Waals surface area contributed by atoms with Crippen molar-refractivity contribution >= 4 is 11.8 Å². The summed E-state index contributed by atoms with van der Waals surface area (Å²) in [4.78, 5) is 33.2. The highest BCUT2D eigenvalue weighted by Gasteiger charge is 2.30. The molecular weight excluding hydrogens is 867 g/mol. The Labute approximate surface area is 395 Å². The topological polar surface area (TPSA) is 235 Å². The Balaban J connectivity index is 0.975. The molecule has 2 aliphatic rings. The summed E-state index contributed by atoms with van der Waals surface area (Å²) >= 11 is 0. The monoisotopic (exact) mass is 927 g/mol. The molecular formula is C52H61N7O9. The molecule has 6 aromatic rings. The van der Waals surface area contributed by atoms with E-state index in [1.807, 2.05) is 88.0 Å². The molecule has 0 radical (unpaired) electrons. The number of amides is 2. The molecule has 0 spiro atoms. The molecule has 0 saturated carbocycles. The van der Waals surface area contributed by atoms with Crippen molar-refractivity contribution in [1.82, 2.24) is 30.3 Å². The Morgan fingerprint density at radius 1 is 0.750 bits per heavy atom. The Morgan fingerprint density at radius 3 is 1.99 bits per heavy atom. The van der Waals surface area contributed by atoms with E-state index in [0.29, 0.717) is 103 Å². The van der Waals surface area contributed by atoms with Gasteiger partial charge in [0.2, 0.25) is 5.91 Å². The molecule has 8 N–H and O–H groups in total. The van der Waals surface area contributed by atoms with E-state index >= 15 is 0 Å². The minimum absolute atomic E-state index is 0.0287. The van der Waals surface area contributed by atoms with Crippen LogP contribution in [0.15, 0.2) is 69.7 Å². The molecule has 2 amide bonds. The second-order valence-electron chi connectivity index (χ2n) is 18.8. The van der Waals surface area contributed by atoms with Crippen molar-refractivity contribution in [3.8, 4) is 67.8 Å².